The standard InChI is InChI=1S/C23H23N3O/c27-21(24-20-13-16-26(25-20)19-11-5-2-6-12-19)23(18-9-3-1-4-10-18)17-22(23)14-7-8-15-22/h1-6,9-13,16H,7-8,14-15,17H2,(H,24,25,27)/t23-/m1/s1. The minimum absolute atomic E-state index is 0.0916. The topological polar surface area (TPSA) is 46.9 Å². The smallest absolute Gasteiger partial charge is 0.236 e. The fourth-order valence-corrected chi connectivity index (χ4v) is 5.04. The Morgan fingerprint density at radius 3 is 2.30 bits per heavy atom. The summed E-state index contributed by atoms with van der Waals surface area (Å²) in [5.41, 5.74) is 1.86. The molecule has 5 rings (SSSR count). The first-order valence-corrected chi connectivity index (χ1v) is 9.72. The molecular formula is C23H23N3O. The molecule has 0 radical (unpaired) electrons. The third kappa shape index (κ3) is 2.51. The Morgan fingerprint density at radius 2 is 1.59 bits per heavy atom. The first-order valence-electron chi connectivity index (χ1n) is 9.72. The SMILES string of the molecule is O=C(Nc1ccn(-c2ccccc2)n1)[C@]1(c2ccccc2)CC12CCCC2. The van der Waals surface area contributed by atoms with E-state index in [4.69, 9.17) is 0 Å². The van der Waals surface area contributed by atoms with E-state index in [1.54, 1.807) is 4.68 Å². The molecule has 0 unspecified atom stereocenters. The zero-order valence-corrected chi connectivity index (χ0v) is 15.3. The van der Waals surface area contributed by atoms with Gasteiger partial charge in [0.25, 0.3) is 0 Å². The summed E-state index contributed by atoms with van der Waals surface area (Å²) >= 11 is 0. The summed E-state index contributed by atoms with van der Waals surface area (Å²) in [7, 11) is 0. The van der Waals surface area contributed by atoms with Crippen molar-refractivity contribution in [3.05, 3.63) is 78.5 Å². The number of carbonyl (C=O) groups is 1. The van der Waals surface area contributed by atoms with Crippen LogP contribution in [-0.2, 0) is 10.2 Å². The van der Waals surface area contributed by atoms with Gasteiger partial charge in [0.05, 0.1) is 11.1 Å². The van der Waals surface area contributed by atoms with Crippen LogP contribution < -0.4 is 5.32 Å². The van der Waals surface area contributed by atoms with E-state index in [-0.39, 0.29) is 11.3 Å². The average molecular weight is 357 g/mol. The fourth-order valence-electron chi connectivity index (χ4n) is 5.04. The van der Waals surface area contributed by atoms with Crippen molar-refractivity contribution < 1.29 is 4.79 Å². The van der Waals surface area contributed by atoms with Crippen molar-refractivity contribution in [2.24, 2.45) is 5.41 Å². The second-order valence-corrected chi connectivity index (χ2v) is 7.87. The van der Waals surface area contributed by atoms with Crippen molar-refractivity contribution >= 4 is 11.7 Å². The summed E-state index contributed by atoms with van der Waals surface area (Å²) in [6.07, 6.45) is 7.59. The number of aromatic nitrogens is 2. The van der Waals surface area contributed by atoms with Gasteiger partial charge < -0.3 is 5.32 Å². The first kappa shape index (κ1) is 16.3. The van der Waals surface area contributed by atoms with E-state index >= 15 is 0 Å². The monoisotopic (exact) mass is 357 g/mol. The molecule has 2 aromatic carbocycles. The number of nitrogens with one attached hydrogen (secondary N) is 1. The zero-order chi connectivity index (χ0) is 18.3. The molecule has 3 aromatic rings. The predicted octanol–water partition coefficient (Wildman–Crippen LogP) is 4.71. The van der Waals surface area contributed by atoms with Crippen LogP contribution in [-0.4, -0.2) is 15.7 Å². The van der Waals surface area contributed by atoms with E-state index in [1.807, 2.05) is 60.8 Å². The second-order valence-electron chi connectivity index (χ2n) is 7.87. The van der Waals surface area contributed by atoms with Gasteiger partial charge in [0.1, 0.15) is 0 Å². The van der Waals surface area contributed by atoms with E-state index in [1.165, 1.54) is 12.8 Å². The Labute approximate surface area is 159 Å². The van der Waals surface area contributed by atoms with Crippen LogP contribution in [0, 0.1) is 5.41 Å². The normalized spacial score (nSPS) is 22.7. The van der Waals surface area contributed by atoms with Gasteiger partial charge in [-0.1, -0.05) is 61.4 Å². The van der Waals surface area contributed by atoms with E-state index in [2.05, 4.69) is 22.5 Å². The van der Waals surface area contributed by atoms with Crippen molar-refractivity contribution in [1.82, 2.24) is 9.78 Å². The average Bonchev–Trinajstić information content (AvgIpc) is 3.03. The Balaban J connectivity index is 1.43. The summed E-state index contributed by atoms with van der Waals surface area (Å²) in [6, 6.07) is 22.1. The number of amides is 1. The highest BCUT2D eigenvalue weighted by molar-refractivity contribution is 6.02. The molecule has 2 saturated carbocycles. The maximum Gasteiger partial charge on any atom is 0.236 e. The van der Waals surface area contributed by atoms with Gasteiger partial charge in [0, 0.05) is 12.3 Å². The molecule has 1 N–H and O–H groups in total. The highest BCUT2D eigenvalue weighted by Gasteiger charge is 2.72. The molecule has 1 heterocycles. The lowest BCUT2D eigenvalue weighted by Crippen LogP contribution is -2.33. The Hall–Kier alpha value is -2.88. The van der Waals surface area contributed by atoms with Crippen molar-refractivity contribution in [3.8, 4) is 5.69 Å². The molecule has 2 fully saturated rings. The van der Waals surface area contributed by atoms with Crippen LogP contribution in [0.2, 0.25) is 0 Å². The molecule has 2 aliphatic rings. The minimum atomic E-state index is -0.402. The number of carbonyl (C=O) groups excluding carboxylic acids is 1. The summed E-state index contributed by atoms with van der Waals surface area (Å²) in [4.78, 5) is 13.4. The van der Waals surface area contributed by atoms with Crippen LogP contribution in [0.15, 0.2) is 72.9 Å². The highest BCUT2D eigenvalue weighted by atomic mass is 16.2. The molecule has 4 heteroatoms. The summed E-state index contributed by atoms with van der Waals surface area (Å²) in [5, 5.41) is 7.67. The van der Waals surface area contributed by atoms with Gasteiger partial charge in [0.2, 0.25) is 5.91 Å². The molecule has 136 valence electrons. The van der Waals surface area contributed by atoms with Crippen LogP contribution in [0.3, 0.4) is 0 Å². The number of para-hydroxylation sites is 1. The summed E-state index contributed by atoms with van der Waals surface area (Å²) in [6.45, 7) is 0. The van der Waals surface area contributed by atoms with Gasteiger partial charge in [-0.15, -0.1) is 0 Å². The van der Waals surface area contributed by atoms with Gasteiger partial charge in [-0.05, 0) is 42.4 Å². The van der Waals surface area contributed by atoms with E-state index < -0.39 is 5.41 Å². The molecular weight excluding hydrogens is 334 g/mol. The molecule has 1 amide bonds. The van der Waals surface area contributed by atoms with Crippen molar-refractivity contribution in [1.29, 1.82) is 0 Å². The van der Waals surface area contributed by atoms with Crippen molar-refractivity contribution in [2.45, 2.75) is 37.5 Å². The van der Waals surface area contributed by atoms with E-state index in [0.29, 0.717) is 5.82 Å². The molecule has 27 heavy (non-hydrogen) atoms. The minimum Gasteiger partial charge on any atom is -0.308 e. The number of hydrogen-bond donors (Lipinski definition) is 1. The Morgan fingerprint density at radius 1 is 0.926 bits per heavy atom. The van der Waals surface area contributed by atoms with Crippen LogP contribution in [0.4, 0.5) is 5.82 Å². The predicted molar refractivity (Wildman–Crippen MR) is 106 cm³/mol. The van der Waals surface area contributed by atoms with Crippen molar-refractivity contribution in [3.63, 3.8) is 0 Å². The molecule has 0 saturated heterocycles. The third-order valence-electron chi connectivity index (χ3n) is 6.45. The largest absolute Gasteiger partial charge is 0.308 e. The quantitative estimate of drug-likeness (QED) is 0.735. The van der Waals surface area contributed by atoms with E-state index in [0.717, 1.165) is 30.5 Å². The van der Waals surface area contributed by atoms with E-state index in [9.17, 15) is 4.79 Å². The Bertz CT molecular complexity index is 958. The summed E-state index contributed by atoms with van der Waals surface area (Å²) in [5.74, 6) is 0.702. The number of hydrogen-bond acceptors (Lipinski definition) is 2. The lowest BCUT2D eigenvalue weighted by molar-refractivity contribution is -0.119. The van der Waals surface area contributed by atoms with Crippen LogP contribution in [0.25, 0.3) is 5.69 Å². The second kappa shape index (κ2) is 6.08. The number of anilines is 1. The van der Waals surface area contributed by atoms with Gasteiger partial charge in [-0.3, -0.25) is 4.79 Å². The van der Waals surface area contributed by atoms with Gasteiger partial charge in [0.15, 0.2) is 5.82 Å². The van der Waals surface area contributed by atoms with Crippen molar-refractivity contribution in [2.75, 3.05) is 5.32 Å². The van der Waals surface area contributed by atoms with Crippen LogP contribution in [0.5, 0.6) is 0 Å². The summed E-state index contributed by atoms with van der Waals surface area (Å²) < 4.78 is 1.79. The van der Waals surface area contributed by atoms with Gasteiger partial charge >= 0.3 is 0 Å². The molecule has 2 aliphatic carbocycles. The number of benzene rings is 2. The molecule has 4 nitrogen and oxygen atoms in total. The molecule has 1 atom stereocenters. The maximum atomic E-state index is 13.4. The fraction of sp³-hybridized carbons (Fsp3) is 0.304. The van der Waals surface area contributed by atoms with Gasteiger partial charge in [-0.25, -0.2) is 4.68 Å². The lowest BCUT2D eigenvalue weighted by atomic mass is 9.84. The number of rotatable bonds is 4. The molecule has 0 bridgehead atoms. The molecule has 0 aliphatic heterocycles. The third-order valence-corrected chi connectivity index (χ3v) is 6.45. The van der Waals surface area contributed by atoms with Gasteiger partial charge in [-0.2, -0.15) is 5.10 Å². The maximum absolute atomic E-state index is 13.4. The molecule has 1 aromatic heterocycles. The first-order chi connectivity index (χ1) is 13.2. The lowest BCUT2D eigenvalue weighted by Gasteiger charge is -2.22. The van der Waals surface area contributed by atoms with Crippen LogP contribution in [0.1, 0.15) is 37.7 Å². The zero-order valence-electron chi connectivity index (χ0n) is 15.3. The van der Waals surface area contributed by atoms with Crippen LogP contribution >= 0.6 is 0 Å². The Kier molecular flexibility index (Phi) is 3.67. The molecule has 1 spiro atoms. The highest BCUT2D eigenvalue weighted by Crippen LogP contribution is 2.72. The number of nitrogens with zero attached hydrogens (tertiary/aromatic N) is 2.